The molecule has 3 aromatic carbocycles. The Bertz CT molecular complexity index is 1490. The summed E-state index contributed by atoms with van der Waals surface area (Å²) in [6.07, 6.45) is 1.45. The predicted octanol–water partition coefficient (Wildman–Crippen LogP) is 5.47. The second kappa shape index (κ2) is 9.23. The van der Waals surface area contributed by atoms with Gasteiger partial charge < -0.3 is 23.7 Å². The maximum absolute atomic E-state index is 13.3. The van der Waals surface area contributed by atoms with Crippen molar-refractivity contribution < 1.29 is 33.3 Å². The molecule has 8 heteroatoms. The van der Waals surface area contributed by atoms with Gasteiger partial charge in [0.15, 0.2) is 11.5 Å². The fraction of sp³-hybridized carbons (Fsp3) is 0.103. The zero-order chi connectivity index (χ0) is 25.4. The number of carbonyl (C=O) groups is 2. The van der Waals surface area contributed by atoms with Gasteiger partial charge in [-0.25, -0.2) is 0 Å². The van der Waals surface area contributed by atoms with E-state index >= 15 is 0 Å². The summed E-state index contributed by atoms with van der Waals surface area (Å²) in [6, 6.07) is 23.3. The molecule has 1 saturated heterocycles. The molecule has 0 spiro atoms. The molecule has 0 saturated carbocycles. The van der Waals surface area contributed by atoms with E-state index in [-0.39, 0.29) is 11.3 Å². The van der Waals surface area contributed by atoms with Crippen molar-refractivity contribution in [2.75, 3.05) is 18.1 Å². The molecule has 4 aromatic rings. The average Bonchev–Trinajstić information content (AvgIpc) is 3.56. The summed E-state index contributed by atoms with van der Waals surface area (Å²) < 4.78 is 22.6. The van der Waals surface area contributed by atoms with Crippen molar-refractivity contribution in [3.63, 3.8) is 0 Å². The molecule has 1 unspecified atom stereocenters. The quantitative estimate of drug-likeness (QED) is 0.223. The van der Waals surface area contributed by atoms with E-state index in [1.807, 2.05) is 30.3 Å². The largest absolute Gasteiger partial charge is 0.507 e. The Labute approximate surface area is 211 Å². The highest BCUT2D eigenvalue weighted by Gasteiger charge is 2.48. The number of rotatable bonds is 5. The molecular formula is C29H21NO7. The lowest BCUT2D eigenvalue weighted by Crippen LogP contribution is -2.29. The topological polar surface area (TPSA) is 98.4 Å². The zero-order valence-corrected chi connectivity index (χ0v) is 19.5. The van der Waals surface area contributed by atoms with Crippen LogP contribution in [-0.2, 0) is 9.59 Å². The lowest BCUT2D eigenvalue weighted by Gasteiger charge is -2.24. The summed E-state index contributed by atoms with van der Waals surface area (Å²) >= 11 is 0. The van der Waals surface area contributed by atoms with Gasteiger partial charge >= 0.3 is 0 Å². The number of furan rings is 1. The van der Waals surface area contributed by atoms with Crippen LogP contribution in [0.1, 0.15) is 17.4 Å². The third kappa shape index (κ3) is 4.08. The van der Waals surface area contributed by atoms with Gasteiger partial charge in [0, 0.05) is 11.3 Å². The number of nitrogens with zero attached hydrogens (tertiary/aromatic N) is 1. The first-order valence-electron chi connectivity index (χ1n) is 11.7. The summed E-state index contributed by atoms with van der Waals surface area (Å²) in [5.41, 5.74) is 0.691. The van der Waals surface area contributed by atoms with Crippen LogP contribution in [0.25, 0.3) is 5.76 Å². The fourth-order valence-corrected chi connectivity index (χ4v) is 4.46. The first kappa shape index (κ1) is 22.5. The van der Waals surface area contributed by atoms with Crippen molar-refractivity contribution in [1.29, 1.82) is 0 Å². The minimum Gasteiger partial charge on any atom is -0.507 e. The summed E-state index contributed by atoms with van der Waals surface area (Å²) in [5.74, 6) is 0.640. The van der Waals surface area contributed by atoms with E-state index in [2.05, 4.69) is 0 Å². The SMILES string of the molecule is O=C1C(=O)N(c2ccc(Oc3ccccc3)cc2)C(c2ccco2)/C1=C(/O)c1ccc2c(c1)OCCO2. The molecule has 6 rings (SSSR count). The summed E-state index contributed by atoms with van der Waals surface area (Å²) in [5, 5.41) is 11.3. The maximum atomic E-state index is 13.3. The van der Waals surface area contributed by atoms with E-state index in [1.54, 1.807) is 54.6 Å². The number of Topliss-reactive ketones (excluding diaryl/α,β-unsaturated/α-hetero) is 1. The van der Waals surface area contributed by atoms with Crippen molar-refractivity contribution in [2.45, 2.75) is 6.04 Å². The molecule has 1 N–H and O–H groups in total. The number of hydrogen-bond donors (Lipinski definition) is 1. The molecule has 184 valence electrons. The predicted molar refractivity (Wildman–Crippen MR) is 134 cm³/mol. The number of carbonyl (C=O) groups excluding carboxylic acids is 2. The number of ketones is 1. The molecular weight excluding hydrogens is 474 g/mol. The molecule has 2 aliphatic heterocycles. The van der Waals surface area contributed by atoms with Gasteiger partial charge in [0.25, 0.3) is 11.7 Å². The monoisotopic (exact) mass is 495 g/mol. The molecule has 8 nitrogen and oxygen atoms in total. The Kier molecular flexibility index (Phi) is 5.61. The van der Waals surface area contributed by atoms with Crippen molar-refractivity contribution in [3.05, 3.63) is 108 Å². The Morgan fingerprint density at radius 2 is 1.57 bits per heavy atom. The van der Waals surface area contributed by atoms with Gasteiger partial charge in [-0.1, -0.05) is 18.2 Å². The van der Waals surface area contributed by atoms with Crippen molar-refractivity contribution in [3.8, 4) is 23.0 Å². The molecule has 37 heavy (non-hydrogen) atoms. The van der Waals surface area contributed by atoms with E-state index in [4.69, 9.17) is 18.6 Å². The normalized spacial score (nSPS) is 18.2. The first-order valence-corrected chi connectivity index (χ1v) is 11.7. The Morgan fingerprint density at radius 1 is 0.838 bits per heavy atom. The highest BCUT2D eigenvalue weighted by atomic mass is 16.6. The van der Waals surface area contributed by atoms with Crippen LogP contribution in [0.5, 0.6) is 23.0 Å². The number of anilines is 1. The van der Waals surface area contributed by atoms with Crippen LogP contribution >= 0.6 is 0 Å². The van der Waals surface area contributed by atoms with Gasteiger partial charge in [0.1, 0.15) is 42.3 Å². The number of hydrogen-bond acceptors (Lipinski definition) is 7. The van der Waals surface area contributed by atoms with Gasteiger partial charge in [0.2, 0.25) is 0 Å². The smallest absolute Gasteiger partial charge is 0.300 e. The van der Waals surface area contributed by atoms with E-state index in [9.17, 15) is 14.7 Å². The van der Waals surface area contributed by atoms with Crippen LogP contribution in [0.3, 0.4) is 0 Å². The van der Waals surface area contributed by atoms with Gasteiger partial charge in [0.05, 0.1) is 11.8 Å². The molecule has 3 heterocycles. The minimum absolute atomic E-state index is 0.0822. The summed E-state index contributed by atoms with van der Waals surface area (Å²) in [7, 11) is 0. The highest BCUT2D eigenvalue weighted by Crippen LogP contribution is 2.43. The zero-order valence-electron chi connectivity index (χ0n) is 19.5. The van der Waals surface area contributed by atoms with E-state index < -0.39 is 17.7 Å². The van der Waals surface area contributed by atoms with Gasteiger partial charge in [-0.2, -0.15) is 0 Å². The molecule has 1 fully saturated rings. The standard InChI is InChI=1S/C29H21NO7/c31-27(18-8-13-22-24(17-18)36-16-15-35-22)25-26(23-7-4-14-34-23)30(29(33)28(25)32)19-9-11-21(12-10-19)37-20-5-2-1-3-6-20/h1-14,17,26,31H,15-16H2/b27-25-. The Morgan fingerprint density at radius 3 is 2.30 bits per heavy atom. The third-order valence-electron chi connectivity index (χ3n) is 6.17. The molecule has 1 atom stereocenters. The van der Waals surface area contributed by atoms with Crippen LogP contribution in [-0.4, -0.2) is 30.0 Å². The lowest BCUT2D eigenvalue weighted by molar-refractivity contribution is -0.132. The number of ether oxygens (including phenoxy) is 3. The van der Waals surface area contributed by atoms with Crippen LogP contribution in [0, 0.1) is 0 Å². The van der Waals surface area contributed by atoms with E-state index in [0.717, 1.165) is 0 Å². The second-order valence-electron chi connectivity index (χ2n) is 8.45. The molecule has 1 aromatic heterocycles. The van der Waals surface area contributed by atoms with Gasteiger partial charge in [-0.3, -0.25) is 14.5 Å². The molecule has 0 aliphatic carbocycles. The van der Waals surface area contributed by atoms with Gasteiger partial charge in [-0.05, 0) is 66.7 Å². The van der Waals surface area contributed by atoms with Gasteiger partial charge in [-0.15, -0.1) is 0 Å². The van der Waals surface area contributed by atoms with E-state index in [0.29, 0.717) is 53.2 Å². The lowest BCUT2D eigenvalue weighted by atomic mass is 9.99. The number of benzene rings is 3. The van der Waals surface area contributed by atoms with Crippen LogP contribution in [0.2, 0.25) is 0 Å². The van der Waals surface area contributed by atoms with Crippen molar-refractivity contribution in [1.82, 2.24) is 0 Å². The van der Waals surface area contributed by atoms with E-state index in [1.165, 1.54) is 11.2 Å². The van der Waals surface area contributed by atoms with Crippen molar-refractivity contribution in [2.24, 2.45) is 0 Å². The number of amides is 1. The fourth-order valence-electron chi connectivity index (χ4n) is 4.46. The maximum Gasteiger partial charge on any atom is 0.300 e. The first-order chi connectivity index (χ1) is 18.1. The Balaban J connectivity index is 1.39. The van der Waals surface area contributed by atoms with Crippen LogP contribution in [0.4, 0.5) is 5.69 Å². The Hall–Kier alpha value is -4.98. The second-order valence-corrected chi connectivity index (χ2v) is 8.45. The third-order valence-corrected chi connectivity index (χ3v) is 6.17. The average molecular weight is 495 g/mol. The molecule has 1 amide bonds. The number of aliphatic hydroxyl groups is 1. The number of fused-ring (bicyclic) bond motifs is 1. The molecule has 2 aliphatic rings. The van der Waals surface area contributed by atoms with Crippen LogP contribution < -0.4 is 19.1 Å². The summed E-state index contributed by atoms with van der Waals surface area (Å²) in [4.78, 5) is 27.9. The highest BCUT2D eigenvalue weighted by molar-refractivity contribution is 6.51. The number of para-hydroxylation sites is 1. The number of aliphatic hydroxyl groups excluding tert-OH is 1. The van der Waals surface area contributed by atoms with Crippen molar-refractivity contribution >= 4 is 23.1 Å². The molecule has 0 radical (unpaired) electrons. The van der Waals surface area contributed by atoms with Crippen LogP contribution in [0.15, 0.2) is 101 Å². The summed E-state index contributed by atoms with van der Waals surface area (Å²) in [6.45, 7) is 0.801. The minimum atomic E-state index is -0.968. The molecule has 0 bridgehead atoms.